The molecule has 1 aliphatic heterocycles. The summed E-state index contributed by atoms with van der Waals surface area (Å²) in [6.07, 6.45) is 3.52. The van der Waals surface area contributed by atoms with E-state index in [1.54, 1.807) is 5.06 Å². The van der Waals surface area contributed by atoms with Gasteiger partial charge in [-0.25, -0.2) is 15.0 Å². The molecule has 2 N–H and O–H groups in total. The molecule has 1 aromatic rings. The molecule has 1 saturated heterocycles. The van der Waals surface area contributed by atoms with Gasteiger partial charge in [-0.15, -0.1) is 0 Å². The molecule has 76 valence electrons. The highest BCUT2D eigenvalue weighted by Gasteiger charge is 2.17. The Morgan fingerprint density at radius 3 is 3.00 bits per heavy atom. The molecule has 0 spiro atoms. The average Bonchev–Trinajstić information content (AvgIpc) is 2.23. The zero-order valence-corrected chi connectivity index (χ0v) is 8.37. The lowest BCUT2D eigenvalue weighted by atomic mass is 10.3. The van der Waals surface area contributed by atoms with Crippen LogP contribution in [0.1, 0.15) is 12.8 Å². The van der Waals surface area contributed by atoms with Crippen LogP contribution in [0, 0.1) is 0 Å². The molecule has 0 atom stereocenters. The highest BCUT2D eigenvalue weighted by Crippen LogP contribution is 2.27. The first-order valence-corrected chi connectivity index (χ1v) is 4.83. The molecule has 0 aromatic carbocycles. The summed E-state index contributed by atoms with van der Waals surface area (Å²) in [5.41, 5.74) is 6.11. The number of rotatable bonds is 1. The fourth-order valence-electron chi connectivity index (χ4n) is 1.33. The van der Waals surface area contributed by atoms with E-state index in [0.29, 0.717) is 18.1 Å². The summed E-state index contributed by atoms with van der Waals surface area (Å²) in [7, 11) is 0. The summed E-state index contributed by atoms with van der Waals surface area (Å²) in [4.78, 5) is 13.2. The van der Waals surface area contributed by atoms with E-state index in [1.807, 2.05) is 0 Å². The number of hydrogen-bond acceptors (Lipinski definition) is 5. The Hall–Kier alpha value is -1.07. The van der Waals surface area contributed by atoms with E-state index in [4.69, 9.17) is 22.2 Å². The smallest absolute Gasteiger partial charge is 0.180 e. The molecule has 0 saturated carbocycles. The lowest BCUT2D eigenvalue weighted by Gasteiger charge is -2.27. The van der Waals surface area contributed by atoms with Crippen LogP contribution in [0.25, 0.3) is 0 Å². The number of nitrogens with two attached hydrogens (primary N) is 1. The first-order valence-electron chi connectivity index (χ1n) is 4.45. The highest BCUT2D eigenvalue weighted by atomic mass is 35.5. The highest BCUT2D eigenvalue weighted by molar-refractivity contribution is 6.32. The van der Waals surface area contributed by atoms with Crippen LogP contribution < -0.4 is 10.8 Å². The van der Waals surface area contributed by atoms with Gasteiger partial charge in [0, 0.05) is 6.54 Å². The average molecular weight is 215 g/mol. The van der Waals surface area contributed by atoms with Gasteiger partial charge in [-0.1, -0.05) is 11.6 Å². The Balaban J connectivity index is 2.26. The van der Waals surface area contributed by atoms with E-state index in [-0.39, 0.29) is 5.15 Å². The van der Waals surface area contributed by atoms with Crippen LogP contribution >= 0.6 is 11.6 Å². The first-order chi connectivity index (χ1) is 6.79. The second-order valence-electron chi connectivity index (χ2n) is 3.04. The quantitative estimate of drug-likeness (QED) is 0.713. The molecule has 6 heteroatoms. The third-order valence-electron chi connectivity index (χ3n) is 2.05. The Morgan fingerprint density at radius 1 is 1.43 bits per heavy atom. The van der Waals surface area contributed by atoms with E-state index in [0.717, 1.165) is 19.4 Å². The fourth-order valence-corrected chi connectivity index (χ4v) is 1.46. The lowest BCUT2D eigenvalue weighted by Crippen LogP contribution is -2.31. The van der Waals surface area contributed by atoms with Crippen LogP contribution in [0.5, 0.6) is 0 Å². The topological polar surface area (TPSA) is 64.3 Å². The van der Waals surface area contributed by atoms with Gasteiger partial charge in [0.25, 0.3) is 0 Å². The Labute approximate surface area is 86.8 Å². The van der Waals surface area contributed by atoms with Crippen molar-refractivity contribution in [1.29, 1.82) is 0 Å². The number of nitrogens with zero attached hydrogens (tertiary/aromatic N) is 3. The van der Waals surface area contributed by atoms with Crippen molar-refractivity contribution >= 4 is 23.1 Å². The molecule has 0 unspecified atom stereocenters. The Bertz CT molecular complexity index is 327. The molecule has 1 aromatic heterocycles. The summed E-state index contributed by atoms with van der Waals surface area (Å²) in [5.74, 6) is 0.560. The van der Waals surface area contributed by atoms with Gasteiger partial charge in [-0.05, 0) is 12.8 Å². The van der Waals surface area contributed by atoms with Gasteiger partial charge >= 0.3 is 0 Å². The summed E-state index contributed by atoms with van der Waals surface area (Å²) >= 11 is 5.77. The van der Waals surface area contributed by atoms with Gasteiger partial charge in [-0.2, -0.15) is 0 Å². The van der Waals surface area contributed by atoms with E-state index in [9.17, 15) is 0 Å². The summed E-state index contributed by atoms with van der Waals surface area (Å²) in [6.45, 7) is 1.48. The second-order valence-corrected chi connectivity index (χ2v) is 3.40. The van der Waals surface area contributed by atoms with Crippen molar-refractivity contribution in [2.75, 3.05) is 23.9 Å². The predicted octanol–water partition coefficient (Wildman–Crippen LogP) is 1.24. The normalized spacial score (nSPS) is 17.1. The second kappa shape index (κ2) is 3.98. The standard InChI is InChI=1S/C8H11ClN4O/c9-7-6(10)8(12-5-11-7)13-3-1-2-4-14-13/h5H,1-4,10H2. The van der Waals surface area contributed by atoms with Crippen molar-refractivity contribution in [3.05, 3.63) is 11.5 Å². The van der Waals surface area contributed by atoms with Crippen LogP contribution in [-0.4, -0.2) is 23.1 Å². The number of hydroxylamine groups is 1. The molecule has 2 heterocycles. The van der Waals surface area contributed by atoms with Crippen molar-refractivity contribution in [2.45, 2.75) is 12.8 Å². The monoisotopic (exact) mass is 214 g/mol. The van der Waals surface area contributed by atoms with Gasteiger partial charge in [0.1, 0.15) is 12.0 Å². The molecule has 0 bridgehead atoms. The largest absolute Gasteiger partial charge is 0.393 e. The molecular formula is C8H11ClN4O. The van der Waals surface area contributed by atoms with Crippen LogP contribution in [0.2, 0.25) is 5.15 Å². The number of halogens is 1. The first kappa shape index (κ1) is 9.48. The minimum absolute atomic E-state index is 0.268. The van der Waals surface area contributed by atoms with E-state index < -0.39 is 0 Å². The predicted molar refractivity (Wildman–Crippen MR) is 54.0 cm³/mol. The van der Waals surface area contributed by atoms with Gasteiger partial charge in [0.15, 0.2) is 11.0 Å². The number of nitrogen functional groups attached to an aromatic ring is 1. The van der Waals surface area contributed by atoms with Gasteiger partial charge in [-0.3, -0.25) is 4.84 Å². The van der Waals surface area contributed by atoms with Gasteiger partial charge in [0.2, 0.25) is 0 Å². The summed E-state index contributed by atoms with van der Waals surface area (Å²) in [5, 5.41) is 1.94. The van der Waals surface area contributed by atoms with E-state index in [1.165, 1.54) is 6.33 Å². The Morgan fingerprint density at radius 2 is 2.29 bits per heavy atom. The molecular weight excluding hydrogens is 204 g/mol. The van der Waals surface area contributed by atoms with Crippen LogP contribution in [0.3, 0.4) is 0 Å². The minimum Gasteiger partial charge on any atom is -0.393 e. The summed E-state index contributed by atoms with van der Waals surface area (Å²) < 4.78 is 0. The van der Waals surface area contributed by atoms with Crippen molar-refractivity contribution in [2.24, 2.45) is 0 Å². The zero-order chi connectivity index (χ0) is 9.97. The maximum Gasteiger partial charge on any atom is 0.180 e. The third-order valence-corrected chi connectivity index (χ3v) is 2.35. The van der Waals surface area contributed by atoms with Crippen LogP contribution in [0.4, 0.5) is 11.5 Å². The molecule has 1 aliphatic rings. The molecule has 0 radical (unpaired) electrons. The van der Waals surface area contributed by atoms with Crippen molar-refractivity contribution in [3.63, 3.8) is 0 Å². The lowest BCUT2D eigenvalue weighted by molar-refractivity contribution is 0.0764. The van der Waals surface area contributed by atoms with Crippen molar-refractivity contribution in [3.8, 4) is 0 Å². The molecule has 0 amide bonds. The minimum atomic E-state index is 0.268. The maximum absolute atomic E-state index is 5.77. The number of aromatic nitrogens is 2. The maximum atomic E-state index is 5.77. The molecule has 14 heavy (non-hydrogen) atoms. The van der Waals surface area contributed by atoms with Crippen molar-refractivity contribution < 1.29 is 4.84 Å². The molecule has 1 fully saturated rings. The van der Waals surface area contributed by atoms with Gasteiger partial charge < -0.3 is 5.73 Å². The Kier molecular flexibility index (Phi) is 2.69. The number of anilines is 2. The SMILES string of the molecule is Nc1c(Cl)ncnc1N1CCCCO1. The molecule has 0 aliphatic carbocycles. The van der Waals surface area contributed by atoms with Crippen LogP contribution in [0.15, 0.2) is 6.33 Å². The zero-order valence-electron chi connectivity index (χ0n) is 7.61. The van der Waals surface area contributed by atoms with E-state index >= 15 is 0 Å². The van der Waals surface area contributed by atoms with E-state index in [2.05, 4.69) is 9.97 Å². The van der Waals surface area contributed by atoms with Crippen molar-refractivity contribution in [1.82, 2.24) is 9.97 Å². The molecule has 2 rings (SSSR count). The van der Waals surface area contributed by atoms with Crippen LogP contribution in [-0.2, 0) is 4.84 Å². The third kappa shape index (κ3) is 1.73. The number of hydrogen-bond donors (Lipinski definition) is 1. The molecule has 5 nitrogen and oxygen atoms in total. The fraction of sp³-hybridized carbons (Fsp3) is 0.500. The summed E-state index contributed by atoms with van der Waals surface area (Å²) in [6, 6.07) is 0. The van der Waals surface area contributed by atoms with Gasteiger partial charge in [0.05, 0.1) is 6.61 Å².